The summed E-state index contributed by atoms with van der Waals surface area (Å²) in [5.74, 6) is -1.48. The van der Waals surface area contributed by atoms with Gasteiger partial charge in [0.2, 0.25) is 0 Å². The molecule has 1 fully saturated rings. The molecule has 0 atom stereocenters. The van der Waals surface area contributed by atoms with Crippen LogP contribution in [0.15, 0.2) is 18.3 Å². The molecule has 0 unspecified atom stereocenters. The first-order valence-corrected chi connectivity index (χ1v) is 6.39. The van der Waals surface area contributed by atoms with Crippen molar-refractivity contribution in [2.24, 2.45) is 0 Å². The van der Waals surface area contributed by atoms with Gasteiger partial charge in [0.25, 0.3) is 12.3 Å². The van der Waals surface area contributed by atoms with Crippen molar-refractivity contribution in [2.75, 3.05) is 0 Å². The number of aliphatic carboxylic acids is 1. The van der Waals surface area contributed by atoms with Crippen LogP contribution in [-0.4, -0.2) is 33.5 Å². The van der Waals surface area contributed by atoms with Crippen LogP contribution in [0.3, 0.4) is 0 Å². The summed E-state index contributed by atoms with van der Waals surface area (Å²) in [4.78, 5) is 23.0. The van der Waals surface area contributed by atoms with Gasteiger partial charge >= 0.3 is 5.97 Å². The van der Waals surface area contributed by atoms with E-state index in [9.17, 15) is 18.4 Å². The second kappa shape index (κ2) is 5.60. The first kappa shape index (κ1) is 14.5. The molecule has 5 nitrogen and oxygen atoms in total. The molecular weight excluding hydrogens is 270 g/mol. The molecule has 0 aliphatic heterocycles. The highest BCUT2D eigenvalue weighted by atomic mass is 19.3. The van der Waals surface area contributed by atoms with Crippen LogP contribution in [0.2, 0.25) is 0 Å². The summed E-state index contributed by atoms with van der Waals surface area (Å²) < 4.78 is 26.0. The topological polar surface area (TPSA) is 71.3 Å². The summed E-state index contributed by atoms with van der Waals surface area (Å²) in [5.41, 5.74) is -0.606. The van der Waals surface area contributed by atoms with Gasteiger partial charge in [0.05, 0.1) is 18.5 Å². The first-order valence-electron chi connectivity index (χ1n) is 6.39. The predicted molar refractivity (Wildman–Crippen MR) is 66.7 cm³/mol. The lowest BCUT2D eigenvalue weighted by Crippen LogP contribution is -2.55. The van der Waals surface area contributed by atoms with Gasteiger partial charge < -0.3 is 15.0 Å². The third kappa shape index (κ3) is 3.15. The molecule has 1 saturated carbocycles. The van der Waals surface area contributed by atoms with Crippen LogP contribution in [0.25, 0.3) is 0 Å². The molecule has 1 aliphatic rings. The summed E-state index contributed by atoms with van der Waals surface area (Å²) in [6.07, 6.45) is 0.762. The number of hydrogen-bond acceptors (Lipinski definition) is 2. The molecule has 2 rings (SSSR count). The van der Waals surface area contributed by atoms with Crippen LogP contribution in [0.5, 0.6) is 0 Å². The third-order valence-electron chi connectivity index (χ3n) is 3.58. The van der Waals surface area contributed by atoms with E-state index in [0.29, 0.717) is 12.8 Å². The van der Waals surface area contributed by atoms with Crippen molar-refractivity contribution < 1.29 is 23.5 Å². The SMILES string of the molecule is O=C(O)CC1(NC(=O)c2cccn2CC(F)F)CCC1. The normalized spacial score (nSPS) is 16.8. The van der Waals surface area contributed by atoms with E-state index in [-0.39, 0.29) is 12.1 Å². The highest BCUT2D eigenvalue weighted by Gasteiger charge is 2.40. The number of nitrogens with one attached hydrogen (secondary N) is 1. The quantitative estimate of drug-likeness (QED) is 0.838. The Morgan fingerprint density at radius 3 is 2.65 bits per heavy atom. The standard InChI is InChI=1S/C13H16F2N2O3/c14-10(15)8-17-6-1-3-9(17)12(20)16-13(4-2-5-13)7-11(18)19/h1,3,6,10H,2,4-5,7-8H2,(H,16,20)(H,18,19). The average Bonchev–Trinajstić information content (AvgIpc) is 2.72. The number of carboxylic acids is 1. The molecule has 20 heavy (non-hydrogen) atoms. The number of aromatic nitrogens is 1. The summed E-state index contributed by atoms with van der Waals surface area (Å²) in [7, 11) is 0. The maximum Gasteiger partial charge on any atom is 0.305 e. The Morgan fingerprint density at radius 2 is 2.15 bits per heavy atom. The van der Waals surface area contributed by atoms with E-state index in [1.54, 1.807) is 0 Å². The number of hydrogen-bond donors (Lipinski definition) is 2. The van der Waals surface area contributed by atoms with Gasteiger partial charge in [-0.3, -0.25) is 9.59 Å². The molecule has 110 valence electrons. The maximum atomic E-state index is 12.4. The van der Waals surface area contributed by atoms with E-state index in [1.165, 1.54) is 22.9 Å². The molecule has 0 radical (unpaired) electrons. The van der Waals surface area contributed by atoms with Crippen molar-refractivity contribution in [2.45, 2.75) is 44.2 Å². The number of amides is 1. The molecule has 0 aromatic carbocycles. The molecule has 1 aromatic rings. The molecule has 1 aromatic heterocycles. The Bertz CT molecular complexity index is 509. The number of alkyl halides is 2. The van der Waals surface area contributed by atoms with Crippen LogP contribution in [-0.2, 0) is 11.3 Å². The average molecular weight is 286 g/mol. The fraction of sp³-hybridized carbons (Fsp3) is 0.538. The fourth-order valence-corrected chi connectivity index (χ4v) is 2.47. The molecule has 1 heterocycles. The van der Waals surface area contributed by atoms with Crippen LogP contribution in [0, 0.1) is 0 Å². The summed E-state index contributed by atoms with van der Waals surface area (Å²) >= 11 is 0. The maximum absolute atomic E-state index is 12.4. The zero-order chi connectivity index (χ0) is 14.8. The van der Waals surface area contributed by atoms with Gasteiger partial charge in [-0.15, -0.1) is 0 Å². The largest absolute Gasteiger partial charge is 0.481 e. The van der Waals surface area contributed by atoms with E-state index < -0.39 is 30.4 Å². The minimum Gasteiger partial charge on any atom is -0.481 e. The van der Waals surface area contributed by atoms with Crippen molar-refractivity contribution in [1.29, 1.82) is 0 Å². The van der Waals surface area contributed by atoms with Crippen molar-refractivity contribution in [3.05, 3.63) is 24.0 Å². The lowest BCUT2D eigenvalue weighted by Gasteiger charge is -2.41. The molecule has 7 heteroatoms. The third-order valence-corrected chi connectivity index (χ3v) is 3.58. The number of carbonyl (C=O) groups excluding carboxylic acids is 1. The number of nitrogens with zero attached hydrogens (tertiary/aromatic N) is 1. The Labute approximate surface area is 114 Å². The van der Waals surface area contributed by atoms with Gasteiger partial charge in [-0.1, -0.05) is 0 Å². The van der Waals surface area contributed by atoms with Crippen LogP contribution in [0.1, 0.15) is 36.2 Å². The predicted octanol–water partition coefficient (Wildman–Crippen LogP) is 1.88. The lowest BCUT2D eigenvalue weighted by atomic mass is 9.74. The second-order valence-corrected chi connectivity index (χ2v) is 5.10. The summed E-state index contributed by atoms with van der Waals surface area (Å²) in [6, 6.07) is 2.97. The van der Waals surface area contributed by atoms with E-state index in [4.69, 9.17) is 5.11 Å². The number of halogens is 2. The Balaban J connectivity index is 2.08. The minimum absolute atomic E-state index is 0.127. The molecule has 1 amide bonds. The Hall–Kier alpha value is -1.92. The summed E-state index contributed by atoms with van der Waals surface area (Å²) in [5, 5.41) is 11.6. The number of rotatable bonds is 6. The smallest absolute Gasteiger partial charge is 0.305 e. The van der Waals surface area contributed by atoms with Crippen LogP contribution in [0.4, 0.5) is 8.78 Å². The van der Waals surface area contributed by atoms with Gasteiger partial charge in [-0.25, -0.2) is 8.78 Å². The van der Waals surface area contributed by atoms with Crippen LogP contribution >= 0.6 is 0 Å². The molecule has 0 bridgehead atoms. The molecule has 2 N–H and O–H groups in total. The van der Waals surface area contributed by atoms with Gasteiger partial charge in [-0.05, 0) is 31.4 Å². The van der Waals surface area contributed by atoms with Crippen molar-refractivity contribution in [1.82, 2.24) is 9.88 Å². The number of carboxylic acid groups (broad SMARTS) is 1. The van der Waals surface area contributed by atoms with Crippen molar-refractivity contribution in [3.8, 4) is 0 Å². The monoisotopic (exact) mass is 286 g/mol. The van der Waals surface area contributed by atoms with Crippen molar-refractivity contribution in [3.63, 3.8) is 0 Å². The van der Waals surface area contributed by atoms with Crippen LogP contribution < -0.4 is 5.32 Å². The highest BCUT2D eigenvalue weighted by molar-refractivity contribution is 5.93. The molecule has 0 spiro atoms. The Kier molecular flexibility index (Phi) is 4.06. The van der Waals surface area contributed by atoms with Crippen molar-refractivity contribution >= 4 is 11.9 Å². The second-order valence-electron chi connectivity index (χ2n) is 5.10. The van der Waals surface area contributed by atoms with E-state index in [0.717, 1.165) is 6.42 Å². The summed E-state index contributed by atoms with van der Waals surface area (Å²) in [6.45, 7) is -0.554. The highest BCUT2D eigenvalue weighted by Crippen LogP contribution is 2.35. The molecule has 0 saturated heterocycles. The Morgan fingerprint density at radius 1 is 1.45 bits per heavy atom. The fourth-order valence-electron chi connectivity index (χ4n) is 2.47. The molecular formula is C13H16F2N2O3. The zero-order valence-corrected chi connectivity index (χ0v) is 10.8. The van der Waals surface area contributed by atoms with Gasteiger partial charge in [0.1, 0.15) is 5.69 Å². The zero-order valence-electron chi connectivity index (χ0n) is 10.8. The number of carbonyl (C=O) groups is 2. The van der Waals surface area contributed by atoms with E-state index in [2.05, 4.69) is 5.32 Å². The first-order chi connectivity index (χ1) is 9.42. The van der Waals surface area contributed by atoms with Gasteiger partial charge in [0.15, 0.2) is 0 Å². The van der Waals surface area contributed by atoms with Gasteiger partial charge in [-0.2, -0.15) is 0 Å². The molecule has 1 aliphatic carbocycles. The van der Waals surface area contributed by atoms with Gasteiger partial charge in [0, 0.05) is 6.20 Å². The van der Waals surface area contributed by atoms with E-state index in [1.807, 2.05) is 0 Å². The minimum atomic E-state index is -2.55. The van der Waals surface area contributed by atoms with E-state index >= 15 is 0 Å². The lowest BCUT2D eigenvalue weighted by molar-refractivity contribution is -0.139.